The van der Waals surface area contributed by atoms with Crippen molar-refractivity contribution < 1.29 is 34.2 Å². The molecule has 0 aliphatic heterocycles. The summed E-state index contributed by atoms with van der Waals surface area (Å²) < 4.78 is 0. The number of carboxylic acid groups (broad SMARTS) is 1. The van der Waals surface area contributed by atoms with Crippen LogP contribution in [0.2, 0.25) is 0 Å². The molecule has 0 radical (unpaired) electrons. The van der Waals surface area contributed by atoms with E-state index in [9.17, 15) is 34.2 Å². The number of nitrogens with one attached hydrogen (secondary N) is 3. The fourth-order valence-electron chi connectivity index (χ4n) is 3.41. The molecule has 0 fully saturated rings. The number of thioether (sulfide) groups is 1. The van der Waals surface area contributed by atoms with Gasteiger partial charge in [0, 0.05) is 6.42 Å². The van der Waals surface area contributed by atoms with Gasteiger partial charge in [0.25, 0.3) is 0 Å². The Bertz CT molecular complexity index is 942. The Balaban J connectivity index is 3.00. The van der Waals surface area contributed by atoms with Crippen LogP contribution in [0.4, 0.5) is 0 Å². The number of amides is 4. The number of hydrogen-bond acceptors (Lipinski definition) is 8. The van der Waals surface area contributed by atoms with Crippen LogP contribution in [-0.4, -0.2) is 76.0 Å². The Morgan fingerprint density at radius 1 is 0.919 bits per heavy atom. The first-order valence-electron chi connectivity index (χ1n) is 11.8. The summed E-state index contributed by atoms with van der Waals surface area (Å²) in [7, 11) is 0. The molecule has 0 saturated heterocycles. The molecular formula is C24H37N5O7S. The number of primary amides is 1. The minimum Gasteiger partial charge on any atom is -0.508 e. The Morgan fingerprint density at radius 3 is 1.97 bits per heavy atom. The van der Waals surface area contributed by atoms with Crippen molar-refractivity contribution in [1.29, 1.82) is 0 Å². The van der Waals surface area contributed by atoms with Crippen molar-refractivity contribution >= 4 is 41.4 Å². The Morgan fingerprint density at radius 2 is 1.46 bits per heavy atom. The lowest BCUT2D eigenvalue weighted by atomic mass is 10.0. The minimum atomic E-state index is -1.28. The van der Waals surface area contributed by atoms with Crippen LogP contribution in [0.1, 0.15) is 38.7 Å². The molecule has 0 aliphatic carbocycles. The lowest BCUT2D eigenvalue weighted by molar-refractivity contribution is -0.142. The lowest BCUT2D eigenvalue weighted by Gasteiger charge is -2.26. The first-order chi connectivity index (χ1) is 17.3. The predicted molar refractivity (Wildman–Crippen MR) is 139 cm³/mol. The highest BCUT2D eigenvalue weighted by Crippen LogP contribution is 2.13. The summed E-state index contributed by atoms with van der Waals surface area (Å²) in [6.07, 6.45) is 1.85. The summed E-state index contributed by atoms with van der Waals surface area (Å²) in [4.78, 5) is 61.4. The molecular weight excluding hydrogens is 502 g/mol. The second-order valence-corrected chi connectivity index (χ2v) is 10.1. The molecule has 0 bridgehead atoms. The maximum absolute atomic E-state index is 13.1. The number of rotatable bonds is 16. The van der Waals surface area contributed by atoms with E-state index >= 15 is 0 Å². The largest absolute Gasteiger partial charge is 0.508 e. The number of carbonyl (C=O) groups is 5. The van der Waals surface area contributed by atoms with E-state index in [2.05, 4.69) is 16.0 Å². The molecule has 4 atom stereocenters. The number of benzene rings is 1. The Hall–Kier alpha value is -3.32. The molecule has 0 heterocycles. The van der Waals surface area contributed by atoms with Gasteiger partial charge in [0.2, 0.25) is 23.6 Å². The Kier molecular flexibility index (Phi) is 13.5. The van der Waals surface area contributed by atoms with Crippen molar-refractivity contribution in [2.75, 3.05) is 12.0 Å². The van der Waals surface area contributed by atoms with Crippen molar-refractivity contribution in [2.45, 2.75) is 63.7 Å². The number of carbonyl (C=O) groups excluding carboxylic acids is 4. The SMILES string of the molecule is CSCCC(NC(=O)C(N)CC(N)=O)C(=O)NC(CC(C)C)C(=O)NC(Cc1ccc(O)cc1)C(=O)O. The second-order valence-electron chi connectivity index (χ2n) is 9.08. The third-order valence-corrected chi connectivity index (χ3v) is 5.98. The monoisotopic (exact) mass is 539 g/mol. The van der Waals surface area contributed by atoms with Gasteiger partial charge in [0.15, 0.2) is 0 Å². The smallest absolute Gasteiger partial charge is 0.326 e. The van der Waals surface area contributed by atoms with E-state index in [1.165, 1.54) is 23.9 Å². The molecule has 37 heavy (non-hydrogen) atoms. The molecule has 4 amide bonds. The summed E-state index contributed by atoms with van der Waals surface area (Å²) in [5, 5.41) is 26.7. The van der Waals surface area contributed by atoms with Gasteiger partial charge in [-0.1, -0.05) is 26.0 Å². The highest BCUT2D eigenvalue weighted by Gasteiger charge is 2.31. The van der Waals surface area contributed by atoms with Gasteiger partial charge in [0.05, 0.1) is 12.5 Å². The van der Waals surface area contributed by atoms with Crippen LogP contribution in [0, 0.1) is 5.92 Å². The second kappa shape index (κ2) is 15.7. The fourth-order valence-corrected chi connectivity index (χ4v) is 3.88. The van der Waals surface area contributed by atoms with Gasteiger partial charge in [-0.05, 0) is 48.5 Å². The average Bonchev–Trinajstić information content (AvgIpc) is 2.81. The highest BCUT2D eigenvalue weighted by molar-refractivity contribution is 7.98. The van der Waals surface area contributed by atoms with Crippen LogP contribution in [0.3, 0.4) is 0 Å². The fraction of sp³-hybridized carbons (Fsp3) is 0.542. The number of phenolic OH excluding ortho intramolecular Hbond substituents is 1. The Labute approximate surface area is 220 Å². The van der Waals surface area contributed by atoms with Gasteiger partial charge in [0.1, 0.15) is 23.9 Å². The van der Waals surface area contributed by atoms with Crippen molar-refractivity contribution in [3.8, 4) is 5.75 Å². The van der Waals surface area contributed by atoms with Crippen molar-refractivity contribution in [3.63, 3.8) is 0 Å². The first kappa shape index (κ1) is 31.7. The van der Waals surface area contributed by atoms with Crippen molar-refractivity contribution in [3.05, 3.63) is 29.8 Å². The summed E-state index contributed by atoms with van der Waals surface area (Å²) >= 11 is 1.45. The van der Waals surface area contributed by atoms with E-state index in [1.54, 1.807) is 12.1 Å². The van der Waals surface area contributed by atoms with Gasteiger partial charge in [-0.2, -0.15) is 11.8 Å². The first-order valence-corrected chi connectivity index (χ1v) is 13.2. The zero-order chi connectivity index (χ0) is 28.1. The molecule has 206 valence electrons. The molecule has 0 aromatic heterocycles. The molecule has 4 unspecified atom stereocenters. The molecule has 1 aromatic carbocycles. The van der Waals surface area contributed by atoms with Gasteiger partial charge < -0.3 is 37.6 Å². The van der Waals surface area contributed by atoms with E-state index in [0.717, 1.165) is 0 Å². The van der Waals surface area contributed by atoms with Crippen LogP contribution in [-0.2, 0) is 30.4 Å². The normalized spacial score (nSPS) is 14.2. The molecule has 1 aromatic rings. The number of nitrogens with two attached hydrogens (primary N) is 2. The average molecular weight is 540 g/mol. The van der Waals surface area contributed by atoms with Crippen LogP contribution in [0.5, 0.6) is 5.75 Å². The lowest BCUT2D eigenvalue weighted by Crippen LogP contribution is -2.57. The maximum Gasteiger partial charge on any atom is 0.326 e. The number of phenols is 1. The molecule has 12 nitrogen and oxygen atoms in total. The predicted octanol–water partition coefficient (Wildman–Crippen LogP) is -0.524. The molecule has 9 N–H and O–H groups in total. The quantitative estimate of drug-likeness (QED) is 0.144. The third kappa shape index (κ3) is 12.0. The number of carboxylic acids is 1. The van der Waals surface area contributed by atoms with E-state index in [0.29, 0.717) is 11.3 Å². The van der Waals surface area contributed by atoms with Crippen molar-refractivity contribution in [2.24, 2.45) is 17.4 Å². The van der Waals surface area contributed by atoms with Crippen LogP contribution >= 0.6 is 11.8 Å². The number of hydrogen-bond donors (Lipinski definition) is 7. The van der Waals surface area contributed by atoms with Gasteiger partial charge >= 0.3 is 5.97 Å². The summed E-state index contributed by atoms with van der Waals surface area (Å²) in [5.41, 5.74) is 11.4. The van der Waals surface area contributed by atoms with Crippen LogP contribution in [0.15, 0.2) is 24.3 Å². The van der Waals surface area contributed by atoms with Gasteiger partial charge in [-0.15, -0.1) is 0 Å². The molecule has 13 heteroatoms. The molecule has 0 saturated carbocycles. The van der Waals surface area contributed by atoms with E-state index < -0.39 is 60.2 Å². The van der Waals surface area contributed by atoms with E-state index in [-0.39, 0.29) is 30.9 Å². The van der Waals surface area contributed by atoms with Crippen molar-refractivity contribution in [1.82, 2.24) is 16.0 Å². The van der Waals surface area contributed by atoms with Gasteiger partial charge in [-0.25, -0.2) is 4.79 Å². The standard InChI is InChI=1S/C24H37N5O7S/c1-13(2)10-18(23(34)29-19(24(35)36)11-14-4-6-15(30)7-5-14)28-22(33)17(8-9-37-3)27-21(32)16(25)12-20(26)31/h4-7,13,16-19,30H,8-12,25H2,1-3H3,(H2,26,31)(H,27,32)(H,28,33)(H,29,34)(H,35,36). The summed E-state index contributed by atoms with van der Waals surface area (Å²) in [6, 6.07) is 1.32. The van der Waals surface area contributed by atoms with E-state index in [4.69, 9.17) is 11.5 Å². The van der Waals surface area contributed by atoms with Crippen LogP contribution in [0.25, 0.3) is 0 Å². The maximum atomic E-state index is 13.1. The third-order valence-electron chi connectivity index (χ3n) is 5.33. The molecule has 0 spiro atoms. The zero-order valence-electron chi connectivity index (χ0n) is 21.2. The molecule has 0 aliphatic rings. The van der Waals surface area contributed by atoms with Gasteiger partial charge in [-0.3, -0.25) is 19.2 Å². The minimum absolute atomic E-state index is 0.0260. The zero-order valence-corrected chi connectivity index (χ0v) is 22.0. The van der Waals surface area contributed by atoms with Crippen LogP contribution < -0.4 is 27.4 Å². The molecule has 1 rings (SSSR count). The number of aromatic hydroxyl groups is 1. The highest BCUT2D eigenvalue weighted by atomic mass is 32.2. The number of aliphatic carboxylic acids is 1. The summed E-state index contributed by atoms with van der Waals surface area (Å²) in [5.74, 6) is -3.57. The van der Waals surface area contributed by atoms with E-state index in [1.807, 2.05) is 20.1 Å². The topological polar surface area (TPSA) is 214 Å². The summed E-state index contributed by atoms with van der Waals surface area (Å²) in [6.45, 7) is 3.68.